The van der Waals surface area contributed by atoms with Crippen molar-refractivity contribution in [2.45, 2.75) is 31.3 Å². The van der Waals surface area contributed by atoms with E-state index in [1.807, 2.05) is 48.5 Å². The van der Waals surface area contributed by atoms with Gasteiger partial charge in [0.05, 0.1) is 22.5 Å². The Labute approximate surface area is 151 Å². The Morgan fingerprint density at radius 2 is 1.88 bits per heavy atom. The number of nitrogens with zero attached hydrogens (tertiary/aromatic N) is 3. The van der Waals surface area contributed by atoms with Crippen molar-refractivity contribution in [3.8, 4) is 6.07 Å². The molecule has 2 aromatic carbocycles. The van der Waals surface area contributed by atoms with Gasteiger partial charge in [0.25, 0.3) is 5.56 Å². The first-order valence-electron chi connectivity index (χ1n) is 8.20. The molecule has 0 aliphatic heterocycles. The van der Waals surface area contributed by atoms with E-state index in [0.717, 1.165) is 5.56 Å². The van der Waals surface area contributed by atoms with Crippen LogP contribution in [0.4, 0.5) is 0 Å². The molecule has 3 aromatic rings. The molecule has 0 N–H and O–H groups in total. The highest BCUT2D eigenvalue weighted by atomic mass is 32.2. The topological polar surface area (TPSA) is 58.7 Å². The van der Waals surface area contributed by atoms with Gasteiger partial charge < -0.3 is 0 Å². The third-order valence-electron chi connectivity index (χ3n) is 3.87. The first-order valence-corrected chi connectivity index (χ1v) is 9.19. The number of thioether (sulfide) groups is 1. The lowest BCUT2D eigenvalue weighted by Gasteiger charge is -2.15. The minimum atomic E-state index is -0.00429. The summed E-state index contributed by atoms with van der Waals surface area (Å²) in [5.74, 6) is 0.943. The number of aromatic nitrogens is 2. The van der Waals surface area contributed by atoms with E-state index >= 15 is 0 Å². The van der Waals surface area contributed by atoms with E-state index in [1.165, 1.54) is 11.8 Å². The van der Waals surface area contributed by atoms with Crippen molar-refractivity contribution < 1.29 is 0 Å². The Morgan fingerprint density at radius 1 is 1.16 bits per heavy atom. The SMILES string of the molecule is CC(C)Cn1c(SCc2ccccc2C#N)nc2ccccc2c1=O. The van der Waals surface area contributed by atoms with E-state index in [9.17, 15) is 10.1 Å². The largest absolute Gasteiger partial charge is 0.287 e. The molecule has 0 atom stereocenters. The molecule has 0 radical (unpaired) electrons. The van der Waals surface area contributed by atoms with Crippen molar-refractivity contribution >= 4 is 22.7 Å². The predicted molar refractivity (Wildman–Crippen MR) is 102 cm³/mol. The van der Waals surface area contributed by atoms with Crippen LogP contribution in [0, 0.1) is 17.2 Å². The first-order chi connectivity index (χ1) is 12.1. The summed E-state index contributed by atoms with van der Waals surface area (Å²) in [4.78, 5) is 17.6. The third kappa shape index (κ3) is 3.75. The molecule has 126 valence electrons. The summed E-state index contributed by atoms with van der Waals surface area (Å²) in [6, 6.07) is 17.2. The maximum atomic E-state index is 12.9. The second kappa shape index (κ2) is 7.54. The van der Waals surface area contributed by atoms with Gasteiger partial charge in [-0.1, -0.05) is 55.9 Å². The van der Waals surface area contributed by atoms with Gasteiger partial charge in [-0.25, -0.2) is 4.98 Å². The van der Waals surface area contributed by atoms with Crippen molar-refractivity contribution in [1.29, 1.82) is 5.26 Å². The van der Waals surface area contributed by atoms with Crippen LogP contribution in [0.1, 0.15) is 25.0 Å². The van der Waals surface area contributed by atoms with Gasteiger partial charge in [0, 0.05) is 12.3 Å². The Kier molecular flexibility index (Phi) is 5.20. The van der Waals surface area contributed by atoms with Crippen LogP contribution in [0.2, 0.25) is 0 Å². The molecule has 0 unspecified atom stereocenters. The molecule has 0 amide bonds. The molecular formula is C20H19N3OS. The summed E-state index contributed by atoms with van der Waals surface area (Å²) < 4.78 is 1.76. The molecule has 1 aromatic heterocycles. The van der Waals surface area contributed by atoms with Gasteiger partial charge in [-0.15, -0.1) is 0 Å². The maximum absolute atomic E-state index is 12.9. The van der Waals surface area contributed by atoms with Crippen molar-refractivity contribution in [2.24, 2.45) is 5.92 Å². The van der Waals surface area contributed by atoms with Gasteiger partial charge >= 0.3 is 0 Å². The fraction of sp³-hybridized carbons (Fsp3) is 0.250. The molecule has 0 fully saturated rings. The molecule has 4 nitrogen and oxygen atoms in total. The number of hydrogen-bond acceptors (Lipinski definition) is 4. The maximum Gasteiger partial charge on any atom is 0.262 e. The quantitative estimate of drug-likeness (QED) is 0.511. The van der Waals surface area contributed by atoms with Crippen LogP contribution in [-0.4, -0.2) is 9.55 Å². The summed E-state index contributed by atoms with van der Waals surface area (Å²) in [7, 11) is 0. The molecule has 3 rings (SSSR count). The van der Waals surface area contributed by atoms with Crippen LogP contribution < -0.4 is 5.56 Å². The minimum absolute atomic E-state index is 0.00429. The Bertz CT molecular complexity index is 1000. The molecular weight excluding hydrogens is 330 g/mol. The molecule has 25 heavy (non-hydrogen) atoms. The standard InChI is InChI=1S/C20H19N3OS/c1-14(2)12-23-19(24)17-9-5-6-10-18(17)22-20(23)25-13-16-8-4-3-7-15(16)11-21/h3-10,14H,12-13H2,1-2H3. The van der Waals surface area contributed by atoms with Crippen molar-refractivity contribution in [2.75, 3.05) is 0 Å². The normalized spacial score (nSPS) is 11.0. The zero-order valence-corrected chi connectivity index (χ0v) is 15.1. The highest BCUT2D eigenvalue weighted by molar-refractivity contribution is 7.98. The lowest BCUT2D eigenvalue weighted by atomic mass is 10.1. The second-order valence-electron chi connectivity index (χ2n) is 6.28. The van der Waals surface area contributed by atoms with Crippen molar-refractivity contribution in [3.05, 3.63) is 70.0 Å². The molecule has 0 saturated carbocycles. The van der Waals surface area contributed by atoms with Crippen LogP contribution in [0.15, 0.2) is 58.5 Å². The zero-order chi connectivity index (χ0) is 17.8. The van der Waals surface area contributed by atoms with E-state index < -0.39 is 0 Å². The fourth-order valence-electron chi connectivity index (χ4n) is 2.68. The highest BCUT2D eigenvalue weighted by Gasteiger charge is 2.13. The summed E-state index contributed by atoms with van der Waals surface area (Å²) in [6.07, 6.45) is 0. The lowest BCUT2D eigenvalue weighted by molar-refractivity contribution is 0.475. The van der Waals surface area contributed by atoms with E-state index in [0.29, 0.717) is 39.8 Å². The third-order valence-corrected chi connectivity index (χ3v) is 4.89. The van der Waals surface area contributed by atoms with Crippen molar-refractivity contribution in [3.63, 3.8) is 0 Å². The van der Waals surface area contributed by atoms with Crippen LogP contribution >= 0.6 is 11.8 Å². The van der Waals surface area contributed by atoms with Gasteiger partial charge in [-0.05, 0) is 29.7 Å². The number of nitriles is 1. The average molecular weight is 349 g/mol. The van der Waals surface area contributed by atoms with Crippen LogP contribution in [0.25, 0.3) is 10.9 Å². The van der Waals surface area contributed by atoms with Crippen molar-refractivity contribution in [1.82, 2.24) is 9.55 Å². The second-order valence-corrected chi connectivity index (χ2v) is 7.22. The van der Waals surface area contributed by atoms with Gasteiger partial charge in [-0.2, -0.15) is 5.26 Å². The van der Waals surface area contributed by atoms with Gasteiger partial charge in [0.15, 0.2) is 5.16 Å². The Hall–Kier alpha value is -2.58. The zero-order valence-electron chi connectivity index (χ0n) is 14.3. The van der Waals surface area contributed by atoms with E-state index in [-0.39, 0.29) is 5.56 Å². The van der Waals surface area contributed by atoms with E-state index in [1.54, 1.807) is 4.57 Å². The van der Waals surface area contributed by atoms with Crippen LogP contribution in [-0.2, 0) is 12.3 Å². The summed E-state index contributed by atoms with van der Waals surface area (Å²) in [5.41, 5.74) is 2.32. The van der Waals surface area contributed by atoms with Crippen LogP contribution in [0.5, 0.6) is 0 Å². The number of benzene rings is 2. The Balaban J connectivity index is 2.02. The molecule has 0 saturated heterocycles. The van der Waals surface area contributed by atoms with Gasteiger partial charge in [-0.3, -0.25) is 9.36 Å². The predicted octanol–water partition coefficient (Wildman–Crippen LogP) is 4.22. The number of para-hydroxylation sites is 1. The van der Waals surface area contributed by atoms with E-state index in [2.05, 4.69) is 19.9 Å². The number of hydrogen-bond donors (Lipinski definition) is 0. The monoisotopic (exact) mass is 349 g/mol. The highest BCUT2D eigenvalue weighted by Crippen LogP contribution is 2.24. The van der Waals surface area contributed by atoms with Gasteiger partial charge in [0.1, 0.15) is 0 Å². The number of rotatable bonds is 5. The van der Waals surface area contributed by atoms with Crippen LogP contribution in [0.3, 0.4) is 0 Å². The average Bonchev–Trinajstić information content (AvgIpc) is 2.62. The molecule has 0 aliphatic rings. The molecule has 5 heteroatoms. The van der Waals surface area contributed by atoms with E-state index in [4.69, 9.17) is 4.98 Å². The number of fused-ring (bicyclic) bond motifs is 1. The molecule has 0 bridgehead atoms. The summed E-state index contributed by atoms with van der Waals surface area (Å²) >= 11 is 1.50. The molecule has 1 heterocycles. The summed E-state index contributed by atoms with van der Waals surface area (Å²) in [6.45, 7) is 4.79. The Morgan fingerprint density at radius 3 is 2.64 bits per heavy atom. The lowest BCUT2D eigenvalue weighted by Crippen LogP contribution is -2.25. The van der Waals surface area contributed by atoms with Gasteiger partial charge in [0.2, 0.25) is 0 Å². The minimum Gasteiger partial charge on any atom is -0.287 e. The fourth-order valence-corrected chi connectivity index (χ4v) is 3.69. The molecule has 0 spiro atoms. The summed E-state index contributed by atoms with van der Waals surface area (Å²) in [5, 5.41) is 10.6. The molecule has 0 aliphatic carbocycles. The smallest absolute Gasteiger partial charge is 0.262 e. The first kappa shape index (κ1) is 17.2.